The van der Waals surface area contributed by atoms with Crippen molar-refractivity contribution in [2.45, 2.75) is 20.8 Å². The van der Waals surface area contributed by atoms with Crippen LogP contribution in [0.2, 0.25) is 0 Å². The van der Waals surface area contributed by atoms with Crippen molar-refractivity contribution >= 4 is 17.5 Å². The summed E-state index contributed by atoms with van der Waals surface area (Å²) in [6.45, 7) is 5.89. The van der Waals surface area contributed by atoms with Gasteiger partial charge in [0.25, 0.3) is 5.91 Å². The molecule has 0 aliphatic heterocycles. The van der Waals surface area contributed by atoms with Gasteiger partial charge in [0, 0.05) is 29.9 Å². The fourth-order valence-corrected chi connectivity index (χ4v) is 1.76. The van der Waals surface area contributed by atoms with Gasteiger partial charge >= 0.3 is 0 Å². The topological polar surface area (TPSA) is 75.4 Å². The Bertz CT molecular complexity index is 494. The number of amides is 2. The number of nitrogen functional groups attached to an aromatic ring is 1. The number of hydrogen-bond donors (Lipinski definition) is 2. The average molecular weight is 281 g/mol. The third kappa shape index (κ3) is 3.69. The molecule has 0 aromatic heterocycles. The lowest BCUT2D eigenvalue weighted by atomic mass is 10.1. The van der Waals surface area contributed by atoms with Crippen LogP contribution in [0.3, 0.4) is 0 Å². The largest absolute Gasteiger partial charge is 0.398 e. The van der Waals surface area contributed by atoms with Crippen LogP contribution < -0.4 is 11.1 Å². The second-order valence-corrected chi connectivity index (χ2v) is 4.45. The van der Waals surface area contributed by atoms with Crippen LogP contribution >= 0.6 is 0 Å². The molecule has 0 fully saturated rings. The van der Waals surface area contributed by atoms with Crippen molar-refractivity contribution in [2.24, 2.45) is 0 Å². The standard InChI is InChI=1S/C14H20FN3O2/c1-4-17-13(19)8-18(5-2)14(20)10-6-11(15)9(3)12(16)7-10/h6-7H,4-5,8,16H2,1-3H3,(H,17,19). The molecule has 0 radical (unpaired) electrons. The predicted octanol–water partition coefficient (Wildman–Crippen LogP) is 1.31. The number of nitrogens with two attached hydrogens (primary N) is 1. The van der Waals surface area contributed by atoms with E-state index in [0.717, 1.165) is 6.07 Å². The van der Waals surface area contributed by atoms with Gasteiger partial charge in [0.1, 0.15) is 5.82 Å². The van der Waals surface area contributed by atoms with E-state index in [1.54, 1.807) is 20.8 Å². The van der Waals surface area contributed by atoms with Gasteiger partial charge in [0.15, 0.2) is 0 Å². The number of carbonyl (C=O) groups is 2. The van der Waals surface area contributed by atoms with Crippen molar-refractivity contribution in [3.05, 3.63) is 29.1 Å². The molecule has 0 bridgehead atoms. The number of benzene rings is 1. The van der Waals surface area contributed by atoms with Crippen LogP contribution in [0.4, 0.5) is 10.1 Å². The molecule has 1 aromatic carbocycles. The molecule has 2 amide bonds. The first-order valence-electron chi connectivity index (χ1n) is 6.52. The number of nitrogens with one attached hydrogen (secondary N) is 1. The number of carbonyl (C=O) groups excluding carboxylic acids is 2. The summed E-state index contributed by atoms with van der Waals surface area (Å²) < 4.78 is 13.6. The number of hydrogen-bond acceptors (Lipinski definition) is 3. The van der Waals surface area contributed by atoms with Crippen LogP contribution in [0, 0.1) is 12.7 Å². The van der Waals surface area contributed by atoms with Crippen molar-refractivity contribution in [1.82, 2.24) is 10.2 Å². The van der Waals surface area contributed by atoms with E-state index in [4.69, 9.17) is 5.73 Å². The third-order valence-electron chi connectivity index (χ3n) is 3.01. The number of likely N-dealkylation sites (N-methyl/N-ethyl adjacent to an activating group) is 2. The van der Waals surface area contributed by atoms with Gasteiger partial charge in [-0.3, -0.25) is 9.59 Å². The lowest BCUT2D eigenvalue weighted by Crippen LogP contribution is -2.40. The molecule has 20 heavy (non-hydrogen) atoms. The first-order chi connectivity index (χ1) is 9.40. The van der Waals surface area contributed by atoms with Gasteiger partial charge < -0.3 is 16.0 Å². The highest BCUT2D eigenvalue weighted by Crippen LogP contribution is 2.18. The zero-order valence-electron chi connectivity index (χ0n) is 12.0. The first kappa shape index (κ1) is 15.9. The Hall–Kier alpha value is -2.11. The van der Waals surface area contributed by atoms with Gasteiger partial charge in [-0.1, -0.05) is 0 Å². The zero-order valence-corrected chi connectivity index (χ0v) is 12.0. The van der Waals surface area contributed by atoms with E-state index in [2.05, 4.69) is 5.32 Å². The van der Waals surface area contributed by atoms with Gasteiger partial charge in [-0.05, 0) is 32.9 Å². The lowest BCUT2D eigenvalue weighted by Gasteiger charge is -2.20. The number of nitrogens with zero attached hydrogens (tertiary/aromatic N) is 1. The summed E-state index contributed by atoms with van der Waals surface area (Å²) in [4.78, 5) is 25.1. The van der Waals surface area contributed by atoms with Gasteiger partial charge in [-0.15, -0.1) is 0 Å². The van der Waals surface area contributed by atoms with Crippen LogP contribution in [-0.4, -0.2) is 36.3 Å². The number of rotatable bonds is 5. The van der Waals surface area contributed by atoms with Crippen molar-refractivity contribution in [2.75, 3.05) is 25.4 Å². The Labute approximate surface area is 117 Å². The van der Waals surface area contributed by atoms with Crippen LogP contribution in [0.15, 0.2) is 12.1 Å². The van der Waals surface area contributed by atoms with E-state index in [0.29, 0.717) is 18.7 Å². The molecule has 5 nitrogen and oxygen atoms in total. The maximum atomic E-state index is 13.6. The molecule has 0 heterocycles. The third-order valence-corrected chi connectivity index (χ3v) is 3.01. The highest BCUT2D eigenvalue weighted by atomic mass is 19.1. The highest BCUT2D eigenvalue weighted by molar-refractivity contribution is 5.97. The molecular formula is C14H20FN3O2. The fourth-order valence-electron chi connectivity index (χ4n) is 1.76. The van der Waals surface area contributed by atoms with Gasteiger partial charge in [0.2, 0.25) is 5.91 Å². The van der Waals surface area contributed by atoms with E-state index >= 15 is 0 Å². The molecule has 0 saturated heterocycles. The minimum atomic E-state index is -0.526. The number of halogens is 1. The molecule has 110 valence electrons. The molecule has 0 spiro atoms. The predicted molar refractivity (Wildman–Crippen MR) is 75.8 cm³/mol. The summed E-state index contributed by atoms with van der Waals surface area (Å²) in [5.41, 5.74) is 6.35. The van der Waals surface area contributed by atoms with E-state index in [-0.39, 0.29) is 23.7 Å². The lowest BCUT2D eigenvalue weighted by molar-refractivity contribution is -0.121. The molecule has 6 heteroatoms. The monoisotopic (exact) mass is 281 g/mol. The molecule has 3 N–H and O–H groups in total. The SMILES string of the molecule is CCNC(=O)CN(CC)C(=O)c1cc(N)c(C)c(F)c1. The van der Waals surface area contributed by atoms with Crippen molar-refractivity contribution in [1.29, 1.82) is 0 Å². The van der Waals surface area contributed by atoms with Gasteiger partial charge in [-0.25, -0.2) is 4.39 Å². The molecule has 0 unspecified atom stereocenters. The Morgan fingerprint density at radius 2 is 2.00 bits per heavy atom. The van der Waals surface area contributed by atoms with E-state index < -0.39 is 11.7 Å². The normalized spacial score (nSPS) is 10.2. The highest BCUT2D eigenvalue weighted by Gasteiger charge is 2.19. The Balaban J connectivity index is 2.94. The summed E-state index contributed by atoms with van der Waals surface area (Å²) in [6.07, 6.45) is 0. The van der Waals surface area contributed by atoms with Crippen molar-refractivity contribution in [3.63, 3.8) is 0 Å². The molecule has 0 aliphatic carbocycles. The molecule has 0 saturated carbocycles. The quantitative estimate of drug-likeness (QED) is 0.799. The van der Waals surface area contributed by atoms with Crippen molar-refractivity contribution < 1.29 is 14.0 Å². The van der Waals surface area contributed by atoms with Crippen LogP contribution in [0.25, 0.3) is 0 Å². The summed E-state index contributed by atoms with van der Waals surface area (Å²) in [7, 11) is 0. The molecule has 0 aliphatic rings. The van der Waals surface area contributed by atoms with Crippen LogP contribution in [0.5, 0.6) is 0 Å². The minimum absolute atomic E-state index is 0.0570. The molecular weight excluding hydrogens is 261 g/mol. The van der Waals surface area contributed by atoms with E-state index in [1.165, 1.54) is 11.0 Å². The minimum Gasteiger partial charge on any atom is -0.398 e. The van der Waals surface area contributed by atoms with E-state index in [1.807, 2.05) is 0 Å². The second-order valence-electron chi connectivity index (χ2n) is 4.45. The Morgan fingerprint density at radius 3 is 2.50 bits per heavy atom. The average Bonchev–Trinajstić information content (AvgIpc) is 2.41. The van der Waals surface area contributed by atoms with E-state index in [9.17, 15) is 14.0 Å². The van der Waals surface area contributed by atoms with Crippen molar-refractivity contribution in [3.8, 4) is 0 Å². The molecule has 0 atom stereocenters. The van der Waals surface area contributed by atoms with Crippen LogP contribution in [-0.2, 0) is 4.79 Å². The molecule has 1 aromatic rings. The second kappa shape index (κ2) is 6.88. The van der Waals surface area contributed by atoms with Crippen LogP contribution in [0.1, 0.15) is 29.8 Å². The number of anilines is 1. The smallest absolute Gasteiger partial charge is 0.254 e. The zero-order chi connectivity index (χ0) is 15.3. The Morgan fingerprint density at radius 1 is 1.35 bits per heavy atom. The summed E-state index contributed by atoms with van der Waals surface area (Å²) in [5, 5.41) is 2.62. The summed E-state index contributed by atoms with van der Waals surface area (Å²) in [5.74, 6) is -1.19. The van der Waals surface area contributed by atoms with Gasteiger partial charge in [-0.2, -0.15) is 0 Å². The summed E-state index contributed by atoms with van der Waals surface area (Å²) in [6, 6.07) is 2.58. The van der Waals surface area contributed by atoms with Gasteiger partial charge in [0.05, 0.1) is 6.54 Å². The summed E-state index contributed by atoms with van der Waals surface area (Å²) >= 11 is 0. The Kier molecular flexibility index (Phi) is 5.49. The maximum absolute atomic E-state index is 13.6. The molecule has 1 rings (SSSR count). The maximum Gasteiger partial charge on any atom is 0.254 e. The fraction of sp³-hybridized carbons (Fsp3) is 0.429. The first-order valence-corrected chi connectivity index (χ1v) is 6.52.